The second-order valence-corrected chi connectivity index (χ2v) is 8.93. The molecule has 0 saturated heterocycles. The molecular weight excluding hydrogens is 391 g/mol. The smallest absolute Gasteiger partial charge is 0.180 e. The number of aromatic nitrogens is 4. The molecule has 0 spiro atoms. The van der Waals surface area contributed by atoms with E-state index in [9.17, 15) is 8.42 Å². The maximum absolute atomic E-state index is 12.5. The molecule has 0 saturated carbocycles. The summed E-state index contributed by atoms with van der Waals surface area (Å²) >= 11 is 13.2. The van der Waals surface area contributed by atoms with Crippen molar-refractivity contribution in [3.63, 3.8) is 0 Å². The molecule has 2 aromatic heterocycles. The highest BCUT2D eigenvalue weighted by Gasteiger charge is 2.19. The topological polar surface area (TPSA) is 77.7 Å². The number of benzene rings is 1. The van der Waals surface area contributed by atoms with Gasteiger partial charge < -0.3 is 0 Å². The molecule has 10 heteroatoms. The van der Waals surface area contributed by atoms with E-state index in [4.69, 9.17) is 23.2 Å². The standard InChI is InChI=1S/C14H12Cl2N4O2S2/c1-20-13-10(7-19-20)14(18-8-17-13)23-4-5-24(21,22)12-6-9(15)2-3-11(12)16/h2-3,6-8H,4-5H2,1H3. The van der Waals surface area contributed by atoms with Crippen molar-refractivity contribution in [2.24, 2.45) is 7.05 Å². The molecule has 0 aliphatic rings. The monoisotopic (exact) mass is 402 g/mol. The summed E-state index contributed by atoms with van der Waals surface area (Å²) in [6.07, 6.45) is 3.11. The van der Waals surface area contributed by atoms with Gasteiger partial charge in [0.1, 0.15) is 11.4 Å². The zero-order valence-electron chi connectivity index (χ0n) is 12.5. The van der Waals surface area contributed by atoms with Crippen LogP contribution in [0.1, 0.15) is 0 Å². The van der Waals surface area contributed by atoms with Crippen LogP contribution in [0.4, 0.5) is 0 Å². The summed E-state index contributed by atoms with van der Waals surface area (Å²) in [7, 11) is -1.75. The van der Waals surface area contributed by atoms with Gasteiger partial charge in [0.05, 0.1) is 27.3 Å². The first-order valence-electron chi connectivity index (χ1n) is 6.82. The number of aryl methyl sites for hydroxylation is 1. The van der Waals surface area contributed by atoms with Gasteiger partial charge in [-0.15, -0.1) is 11.8 Å². The maximum Gasteiger partial charge on any atom is 0.180 e. The van der Waals surface area contributed by atoms with Crippen LogP contribution in [0.2, 0.25) is 10.0 Å². The number of rotatable bonds is 5. The molecule has 0 atom stereocenters. The zero-order chi connectivity index (χ0) is 17.3. The molecule has 0 N–H and O–H groups in total. The van der Waals surface area contributed by atoms with Crippen molar-refractivity contribution in [1.82, 2.24) is 19.7 Å². The van der Waals surface area contributed by atoms with E-state index in [1.807, 2.05) is 0 Å². The fraction of sp³-hybridized carbons (Fsp3) is 0.214. The van der Waals surface area contributed by atoms with E-state index in [2.05, 4.69) is 15.1 Å². The Bertz CT molecular complexity index is 1010. The highest BCUT2D eigenvalue weighted by molar-refractivity contribution is 8.00. The Morgan fingerprint density at radius 1 is 1.25 bits per heavy atom. The van der Waals surface area contributed by atoms with E-state index in [0.29, 0.717) is 21.4 Å². The van der Waals surface area contributed by atoms with Crippen LogP contribution in [0, 0.1) is 0 Å². The van der Waals surface area contributed by atoms with E-state index < -0.39 is 9.84 Å². The molecule has 0 bridgehead atoms. The van der Waals surface area contributed by atoms with Gasteiger partial charge in [-0.1, -0.05) is 23.2 Å². The van der Waals surface area contributed by atoms with Gasteiger partial charge in [-0.25, -0.2) is 18.4 Å². The summed E-state index contributed by atoms with van der Waals surface area (Å²) in [5, 5.41) is 6.12. The van der Waals surface area contributed by atoms with Crippen LogP contribution in [0.15, 0.2) is 40.6 Å². The van der Waals surface area contributed by atoms with Gasteiger partial charge in [-0.2, -0.15) is 5.10 Å². The first-order valence-corrected chi connectivity index (χ1v) is 10.2. The van der Waals surface area contributed by atoms with E-state index >= 15 is 0 Å². The summed E-state index contributed by atoms with van der Waals surface area (Å²) < 4.78 is 26.6. The normalized spacial score (nSPS) is 12.0. The van der Waals surface area contributed by atoms with Crippen LogP contribution in [0.25, 0.3) is 11.0 Å². The Kier molecular flexibility index (Phi) is 5.00. The first-order chi connectivity index (χ1) is 11.4. The van der Waals surface area contributed by atoms with Crippen LogP contribution in [0.5, 0.6) is 0 Å². The number of nitrogens with zero attached hydrogens (tertiary/aromatic N) is 4. The van der Waals surface area contributed by atoms with E-state index in [1.54, 1.807) is 24.0 Å². The van der Waals surface area contributed by atoms with Gasteiger partial charge in [0.25, 0.3) is 0 Å². The van der Waals surface area contributed by atoms with Gasteiger partial charge >= 0.3 is 0 Å². The van der Waals surface area contributed by atoms with Crippen molar-refractivity contribution < 1.29 is 8.42 Å². The van der Waals surface area contributed by atoms with Gasteiger partial charge in [0.2, 0.25) is 0 Å². The second kappa shape index (κ2) is 6.87. The molecular formula is C14H12Cl2N4O2S2. The zero-order valence-corrected chi connectivity index (χ0v) is 15.6. The summed E-state index contributed by atoms with van der Waals surface area (Å²) in [4.78, 5) is 8.40. The molecule has 0 radical (unpaired) electrons. The van der Waals surface area contributed by atoms with Crippen molar-refractivity contribution in [3.05, 3.63) is 40.8 Å². The minimum Gasteiger partial charge on any atom is -0.250 e. The molecule has 3 aromatic rings. The lowest BCUT2D eigenvalue weighted by molar-refractivity contribution is 0.597. The van der Waals surface area contributed by atoms with Gasteiger partial charge in [0, 0.05) is 17.8 Å². The average molecular weight is 403 g/mol. The predicted molar refractivity (Wildman–Crippen MR) is 95.5 cm³/mol. The average Bonchev–Trinajstić information content (AvgIpc) is 2.92. The Morgan fingerprint density at radius 3 is 2.83 bits per heavy atom. The fourth-order valence-corrected chi connectivity index (χ4v) is 5.55. The van der Waals surface area contributed by atoms with Crippen molar-refractivity contribution >= 4 is 55.8 Å². The third-order valence-corrected chi connectivity index (χ3v) is 7.00. The summed E-state index contributed by atoms with van der Waals surface area (Å²) in [6, 6.07) is 4.40. The third kappa shape index (κ3) is 3.51. The highest BCUT2D eigenvalue weighted by atomic mass is 35.5. The number of sulfone groups is 1. The SMILES string of the molecule is Cn1ncc2c(SCCS(=O)(=O)c3cc(Cl)ccc3Cl)ncnc21. The van der Waals surface area contributed by atoms with E-state index in [-0.39, 0.29) is 15.7 Å². The molecule has 1 aromatic carbocycles. The van der Waals surface area contributed by atoms with Crippen LogP contribution in [-0.4, -0.2) is 39.7 Å². The largest absolute Gasteiger partial charge is 0.250 e. The van der Waals surface area contributed by atoms with Crippen molar-refractivity contribution in [3.8, 4) is 0 Å². The summed E-state index contributed by atoms with van der Waals surface area (Å²) in [6.45, 7) is 0. The van der Waals surface area contributed by atoms with E-state index in [1.165, 1.54) is 30.2 Å². The molecule has 0 aliphatic heterocycles. The fourth-order valence-electron chi connectivity index (χ4n) is 2.13. The van der Waals surface area contributed by atoms with Crippen LogP contribution >= 0.6 is 35.0 Å². The predicted octanol–water partition coefficient (Wildman–Crippen LogP) is 3.24. The summed E-state index contributed by atoms with van der Waals surface area (Å²) in [5.74, 6) is 0.246. The second-order valence-electron chi connectivity index (χ2n) is 4.93. The molecule has 3 rings (SSSR count). The lowest BCUT2D eigenvalue weighted by Gasteiger charge is -2.07. The van der Waals surface area contributed by atoms with Crippen molar-refractivity contribution in [2.45, 2.75) is 9.92 Å². The maximum atomic E-state index is 12.5. The minimum atomic E-state index is -3.53. The molecule has 0 fully saturated rings. The van der Waals surface area contributed by atoms with Crippen LogP contribution < -0.4 is 0 Å². The van der Waals surface area contributed by atoms with E-state index in [0.717, 1.165) is 5.39 Å². The third-order valence-electron chi connectivity index (χ3n) is 3.31. The lowest BCUT2D eigenvalue weighted by atomic mass is 10.4. The first kappa shape index (κ1) is 17.5. The Balaban J connectivity index is 1.77. The lowest BCUT2D eigenvalue weighted by Crippen LogP contribution is -2.09. The Morgan fingerprint density at radius 2 is 2.04 bits per heavy atom. The van der Waals surface area contributed by atoms with Gasteiger partial charge in [-0.05, 0) is 18.2 Å². The van der Waals surface area contributed by atoms with Crippen LogP contribution in [0.3, 0.4) is 0 Å². The quantitative estimate of drug-likeness (QED) is 0.481. The molecule has 0 aliphatic carbocycles. The number of halogens is 2. The van der Waals surface area contributed by atoms with Gasteiger partial charge in [-0.3, -0.25) is 4.68 Å². The van der Waals surface area contributed by atoms with Crippen molar-refractivity contribution in [2.75, 3.05) is 11.5 Å². The Hall–Kier alpha value is -1.35. The molecule has 24 heavy (non-hydrogen) atoms. The summed E-state index contributed by atoms with van der Waals surface area (Å²) in [5.41, 5.74) is 0.702. The molecule has 0 unspecified atom stereocenters. The number of hydrogen-bond donors (Lipinski definition) is 0. The van der Waals surface area contributed by atoms with Crippen molar-refractivity contribution in [1.29, 1.82) is 0 Å². The minimum absolute atomic E-state index is 0.0477. The molecule has 2 heterocycles. The molecule has 126 valence electrons. The van der Waals surface area contributed by atoms with Gasteiger partial charge in [0.15, 0.2) is 15.5 Å². The molecule has 6 nitrogen and oxygen atoms in total. The number of fused-ring (bicyclic) bond motifs is 1. The highest BCUT2D eigenvalue weighted by Crippen LogP contribution is 2.28. The Labute approximate surface area is 153 Å². The number of hydrogen-bond acceptors (Lipinski definition) is 6. The van der Waals surface area contributed by atoms with Crippen LogP contribution in [-0.2, 0) is 16.9 Å². The number of thioether (sulfide) groups is 1. The molecule has 0 amide bonds.